The van der Waals surface area contributed by atoms with Gasteiger partial charge in [0.2, 0.25) is 6.41 Å². The van der Waals surface area contributed by atoms with Crippen LogP contribution in [-0.4, -0.2) is 53.5 Å². The SMILES string of the molecule is N[C@@H]1CO[C@H](C2(F)C=CC([C@H]3c4ccccc4CCN3C=O)=CC2)C[C@H]1O. The maximum absolute atomic E-state index is 15.5. The number of halogens is 1. The third-order valence-corrected chi connectivity index (χ3v) is 5.95. The fourth-order valence-electron chi connectivity index (χ4n) is 4.29. The van der Waals surface area contributed by atoms with Gasteiger partial charge in [0.05, 0.1) is 30.9 Å². The lowest BCUT2D eigenvalue weighted by molar-refractivity contribution is -0.120. The number of aliphatic hydroxyl groups is 1. The van der Waals surface area contributed by atoms with Crippen molar-refractivity contribution in [2.45, 2.75) is 49.2 Å². The highest BCUT2D eigenvalue weighted by atomic mass is 19.1. The summed E-state index contributed by atoms with van der Waals surface area (Å²) in [4.78, 5) is 13.4. The van der Waals surface area contributed by atoms with Crippen LogP contribution in [-0.2, 0) is 16.0 Å². The van der Waals surface area contributed by atoms with Crippen LogP contribution in [0.5, 0.6) is 0 Å². The molecule has 1 unspecified atom stereocenters. The molecular weight excluding hydrogens is 347 g/mol. The summed E-state index contributed by atoms with van der Waals surface area (Å²) >= 11 is 0. The van der Waals surface area contributed by atoms with Gasteiger partial charge in [-0.15, -0.1) is 0 Å². The van der Waals surface area contributed by atoms with Gasteiger partial charge in [-0.25, -0.2) is 4.39 Å². The standard InChI is InChI=1S/C21H25FN2O3/c22-21(19-11-18(26)17(23)12-27-19)8-5-15(6-9-21)20-16-4-2-1-3-14(16)7-10-24(20)13-25/h1-6,8,13,17-20,26H,7,9-12,23H2/t17-,18-,19+,20+,21?/m1/s1. The molecule has 144 valence electrons. The average Bonchev–Trinajstić information content (AvgIpc) is 2.70. The van der Waals surface area contributed by atoms with Crippen molar-refractivity contribution in [3.63, 3.8) is 0 Å². The minimum Gasteiger partial charge on any atom is -0.391 e. The van der Waals surface area contributed by atoms with Crippen molar-refractivity contribution in [2.75, 3.05) is 13.2 Å². The van der Waals surface area contributed by atoms with E-state index in [2.05, 4.69) is 6.07 Å². The summed E-state index contributed by atoms with van der Waals surface area (Å²) in [6.07, 6.45) is 5.68. The topological polar surface area (TPSA) is 75.8 Å². The lowest BCUT2D eigenvalue weighted by atomic mass is 9.80. The normalized spacial score (nSPS) is 36.1. The van der Waals surface area contributed by atoms with Crippen LogP contribution in [0.4, 0.5) is 4.39 Å². The number of rotatable bonds is 3. The van der Waals surface area contributed by atoms with Gasteiger partial charge in [0.25, 0.3) is 0 Å². The van der Waals surface area contributed by atoms with Crippen LogP contribution in [0.15, 0.2) is 48.1 Å². The van der Waals surface area contributed by atoms with E-state index in [0.717, 1.165) is 24.0 Å². The molecule has 2 heterocycles. The fraction of sp³-hybridized carbons (Fsp3) is 0.476. The number of hydrogen-bond donors (Lipinski definition) is 2. The Morgan fingerprint density at radius 3 is 2.89 bits per heavy atom. The van der Waals surface area contributed by atoms with Crippen molar-refractivity contribution in [2.24, 2.45) is 5.73 Å². The number of nitrogens with two attached hydrogens (primary N) is 1. The summed E-state index contributed by atoms with van der Waals surface area (Å²) in [6, 6.07) is 7.41. The third-order valence-electron chi connectivity index (χ3n) is 5.95. The van der Waals surface area contributed by atoms with E-state index in [1.54, 1.807) is 11.0 Å². The first-order valence-electron chi connectivity index (χ1n) is 9.44. The van der Waals surface area contributed by atoms with Gasteiger partial charge >= 0.3 is 0 Å². The molecule has 1 fully saturated rings. The van der Waals surface area contributed by atoms with Crippen LogP contribution >= 0.6 is 0 Å². The van der Waals surface area contributed by atoms with E-state index >= 15 is 4.39 Å². The Kier molecular flexibility index (Phi) is 4.88. The molecule has 1 aliphatic carbocycles. The molecule has 1 aromatic rings. The molecule has 4 rings (SSSR count). The molecule has 5 nitrogen and oxygen atoms in total. The second-order valence-electron chi connectivity index (χ2n) is 7.65. The number of fused-ring (bicyclic) bond motifs is 1. The zero-order valence-electron chi connectivity index (χ0n) is 15.1. The fourth-order valence-corrected chi connectivity index (χ4v) is 4.29. The second kappa shape index (κ2) is 7.19. The first kappa shape index (κ1) is 18.3. The summed E-state index contributed by atoms with van der Waals surface area (Å²) in [7, 11) is 0. The molecule has 3 N–H and O–H groups in total. The summed E-state index contributed by atoms with van der Waals surface area (Å²) < 4.78 is 21.1. The Morgan fingerprint density at radius 2 is 2.19 bits per heavy atom. The quantitative estimate of drug-likeness (QED) is 0.794. The molecule has 0 bridgehead atoms. The number of carbonyl (C=O) groups is 1. The van der Waals surface area contributed by atoms with E-state index in [9.17, 15) is 9.90 Å². The van der Waals surface area contributed by atoms with E-state index in [4.69, 9.17) is 10.5 Å². The van der Waals surface area contributed by atoms with Crippen molar-refractivity contribution in [3.8, 4) is 0 Å². The van der Waals surface area contributed by atoms with Crippen LogP contribution in [0.3, 0.4) is 0 Å². The number of benzene rings is 1. The lowest BCUT2D eigenvalue weighted by Crippen LogP contribution is -2.52. The molecule has 0 spiro atoms. The smallest absolute Gasteiger partial charge is 0.210 e. The maximum Gasteiger partial charge on any atom is 0.210 e. The Bertz CT molecular complexity index is 780. The Labute approximate surface area is 158 Å². The molecule has 5 atom stereocenters. The van der Waals surface area contributed by atoms with E-state index in [-0.39, 0.29) is 25.5 Å². The van der Waals surface area contributed by atoms with Gasteiger partial charge < -0.3 is 20.5 Å². The van der Waals surface area contributed by atoms with Crippen molar-refractivity contribution in [3.05, 3.63) is 59.2 Å². The molecule has 0 aromatic heterocycles. The Hall–Kier alpha value is -2.02. The second-order valence-corrected chi connectivity index (χ2v) is 7.65. The van der Waals surface area contributed by atoms with E-state index in [0.29, 0.717) is 6.54 Å². The summed E-state index contributed by atoms with van der Waals surface area (Å²) in [5.41, 5.74) is 7.29. The number of allylic oxidation sites excluding steroid dienone is 1. The first-order valence-corrected chi connectivity index (χ1v) is 9.44. The summed E-state index contributed by atoms with van der Waals surface area (Å²) in [5.74, 6) is 0. The molecular formula is C21H25FN2O3. The van der Waals surface area contributed by atoms with Crippen LogP contribution in [0.1, 0.15) is 30.0 Å². The van der Waals surface area contributed by atoms with E-state index in [1.807, 2.05) is 24.3 Å². The van der Waals surface area contributed by atoms with Gasteiger partial charge in [-0.1, -0.05) is 36.4 Å². The summed E-state index contributed by atoms with van der Waals surface area (Å²) in [6.45, 7) is 0.795. The molecule has 1 aromatic carbocycles. The Morgan fingerprint density at radius 1 is 1.37 bits per heavy atom. The number of aliphatic hydroxyl groups excluding tert-OH is 1. The van der Waals surface area contributed by atoms with Gasteiger partial charge in [-0.3, -0.25) is 4.79 Å². The van der Waals surface area contributed by atoms with Crippen molar-refractivity contribution < 1.29 is 19.0 Å². The first-order chi connectivity index (χ1) is 13.0. The third kappa shape index (κ3) is 3.33. The number of carbonyl (C=O) groups excluding carboxylic acids is 1. The minimum atomic E-state index is -1.68. The lowest BCUT2D eigenvalue weighted by Gasteiger charge is -2.40. The Balaban J connectivity index is 1.57. The highest BCUT2D eigenvalue weighted by molar-refractivity contribution is 5.55. The predicted molar refractivity (Wildman–Crippen MR) is 99.7 cm³/mol. The number of hydrogen-bond acceptors (Lipinski definition) is 4. The largest absolute Gasteiger partial charge is 0.391 e. The summed E-state index contributed by atoms with van der Waals surface area (Å²) in [5, 5.41) is 9.97. The highest BCUT2D eigenvalue weighted by Crippen LogP contribution is 2.40. The van der Waals surface area contributed by atoms with Crippen molar-refractivity contribution in [1.29, 1.82) is 0 Å². The molecule has 27 heavy (non-hydrogen) atoms. The molecule has 0 radical (unpaired) electrons. The van der Waals surface area contributed by atoms with Gasteiger partial charge in [-0.2, -0.15) is 0 Å². The molecule has 0 saturated carbocycles. The number of amides is 1. The predicted octanol–water partition coefficient (Wildman–Crippen LogP) is 1.81. The minimum absolute atomic E-state index is 0.150. The molecule has 1 amide bonds. The van der Waals surface area contributed by atoms with Gasteiger partial charge in [0, 0.05) is 19.4 Å². The number of nitrogens with zero attached hydrogens (tertiary/aromatic N) is 1. The van der Waals surface area contributed by atoms with Crippen LogP contribution in [0, 0.1) is 0 Å². The number of alkyl halides is 1. The monoisotopic (exact) mass is 372 g/mol. The van der Waals surface area contributed by atoms with Crippen molar-refractivity contribution >= 4 is 6.41 Å². The van der Waals surface area contributed by atoms with E-state index < -0.39 is 23.9 Å². The number of ether oxygens (including phenoxy) is 1. The van der Waals surface area contributed by atoms with Gasteiger partial charge in [-0.05, 0) is 29.2 Å². The highest BCUT2D eigenvalue weighted by Gasteiger charge is 2.43. The molecule has 3 aliphatic rings. The maximum atomic E-state index is 15.5. The van der Waals surface area contributed by atoms with Crippen LogP contribution < -0.4 is 5.73 Å². The van der Waals surface area contributed by atoms with Gasteiger partial charge in [0.1, 0.15) is 0 Å². The van der Waals surface area contributed by atoms with Crippen LogP contribution in [0.25, 0.3) is 0 Å². The van der Waals surface area contributed by atoms with Crippen LogP contribution in [0.2, 0.25) is 0 Å². The molecule has 2 aliphatic heterocycles. The molecule has 6 heteroatoms. The van der Waals surface area contributed by atoms with Gasteiger partial charge in [0.15, 0.2) is 5.67 Å². The van der Waals surface area contributed by atoms with Crippen molar-refractivity contribution in [1.82, 2.24) is 4.90 Å². The molecule has 1 saturated heterocycles. The zero-order chi connectivity index (χ0) is 19.0. The average molecular weight is 372 g/mol. The van der Waals surface area contributed by atoms with E-state index in [1.165, 1.54) is 11.6 Å². The zero-order valence-corrected chi connectivity index (χ0v) is 15.1.